The molecule has 0 bridgehead atoms. The number of fused-ring (bicyclic) bond motifs is 1. The SMILES string of the molecule is CC(=O)N1c2ccc(S(=O)(=O)N[C@H](C(=O)NC3CCCC3)C(C)C)cc2C[C@@H]1C. The number of carbonyl (C=O) groups excluding carboxylic acids is 2. The Bertz CT molecular complexity index is 891. The zero-order chi connectivity index (χ0) is 21.3. The number of hydrogen-bond acceptors (Lipinski definition) is 4. The van der Waals surface area contributed by atoms with E-state index in [0.29, 0.717) is 6.42 Å². The van der Waals surface area contributed by atoms with E-state index in [-0.39, 0.29) is 34.7 Å². The summed E-state index contributed by atoms with van der Waals surface area (Å²) in [6, 6.07) is 4.09. The lowest BCUT2D eigenvalue weighted by atomic mass is 10.0. The maximum atomic E-state index is 13.0. The third kappa shape index (κ3) is 4.64. The van der Waals surface area contributed by atoms with Gasteiger partial charge in [0.25, 0.3) is 0 Å². The molecule has 1 aliphatic heterocycles. The number of hydrogen-bond donors (Lipinski definition) is 2. The van der Waals surface area contributed by atoms with Crippen LogP contribution in [-0.2, 0) is 26.0 Å². The molecule has 1 fully saturated rings. The lowest BCUT2D eigenvalue weighted by Crippen LogP contribution is -2.51. The molecule has 8 heteroatoms. The Kier molecular flexibility index (Phi) is 6.33. The van der Waals surface area contributed by atoms with Crippen LogP contribution < -0.4 is 14.9 Å². The summed E-state index contributed by atoms with van der Waals surface area (Å²) in [6.07, 6.45) is 4.67. The van der Waals surface area contributed by atoms with Crippen LogP contribution in [0, 0.1) is 5.92 Å². The minimum absolute atomic E-state index is 0.00554. The van der Waals surface area contributed by atoms with Crippen molar-refractivity contribution < 1.29 is 18.0 Å². The normalized spacial score (nSPS) is 20.7. The lowest BCUT2D eigenvalue weighted by molar-refractivity contribution is -0.124. The van der Waals surface area contributed by atoms with E-state index in [1.54, 1.807) is 17.0 Å². The summed E-state index contributed by atoms with van der Waals surface area (Å²) in [5.74, 6) is -0.518. The molecule has 0 saturated heterocycles. The van der Waals surface area contributed by atoms with Gasteiger partial charge in [-0.1, -0.05) is 26.7 Å². The molecular weight excluding hydrogens is 390 g/mol. The van der Waals surface area contributed by atoms with Crippen molar-refractivity contribution in [2.75, 3.05) is 4.90 Å². The van der Waals surface area contributed by atoms with Crippen LogP contribution in [0.5, 0.6) is 0 Å². The second kappa shape index (κ2) is 8.44. The Labute approximate surface area is 173 Å². The zero-order valence-electron chi connectivity index (χ0n) is 17.6. The molecule has 1 aromatic rings. The molecule has 1 heterocycles. The van der Waals surface area contributed by atoms with Gasteiger partial charge < -0.3 is 10.2 Å². The van der Waals surface area contributed by atoms with Gasteiger partial charge >= 0.3 is 0 Å². The van der Waals surface area contributed by atoms with E-state index in [2.05, 4.69) is 10.0 Å². The van der Waals surface area contributed by atoms with E-state index in [9.17, 15) is 18.0 Å². The highest BCUT2D eigenvalue weighted by Gasteiger charge is 2.33. The van der Waals surface area contributed by atoms with Crippen molar-refractivity contribution in [1.82, 2.24) is 10.0 Å². The summed E-state index contributed by atoms with van der Waals surface area (Å²) >= 11 is 0. The molecule has 0 spiro atoms. The summed E-state index contributed by atoms with van der Waals surface area (Å²) < 4.78 is 28.6. The van der Waals surface area contributed by atoms with Crippen LogP contribution >= 0.6 is 0 Å². The van der Waals surface area contributed by atoms with Crippen molar-refractivity contribution in [1.29, 1.82) is 0 Å². The highest BCUT2D eigenvalue weighted by atomic mass is 32.2. The van der Waals surface area contributed by atoms with E-state index in [1.165, 1.54) is 13.0 Å². The van der Waals surface area contributed by atoms with Gasteiger partial charge in [0, 0.05) is 24.7 Å². The highest BCUT2D eigenvalue weighted by molar-refractivity contribution is 7.89. The smallest absolute Gasteiger partial charge is 0.241 e. The first-order chi connectivity index (χ1) is 13.6. The maximum Gasteiger partial charge on any atom is 0.241 e. The summed E-state index contributed by atoms with van der Waals surface area (Å²) in [7, 11) is -3.87. The molecule has 2 N–H and O–H groups in total. The average Bonchev–Trinajstić information content (AvgIpc) is 3.24. The number of anilines is 1. The van der Waals surface area contributed by atoms with Crippen LogP contribution in [0.25, 0.3) is 0 Å². The van der Waals surface area contributed by atoms with Crippen molar-refractivity contribution in [2.24, 2.45) is 5.92 Å². The standard InChI is InChI=1S/C21H31N3O4S/c1-13(2)20(21(26)22-17-7-5-6-8-17)23-29(27,28)18-9-10-19-16(12-18)11-14(3)24(19)15(4)25/h9-10,12-14,17,20,23H,5-8,11H2,1-4H3,(H,22,26)/t14-,20-/m0/s1. The van der Waals surface area contributed by atoms with E-state index in [4.69, 9.17) is 0 Å². The molecule has 7 nitrogen and oxygen atoms in total. The van der Waals surface area contributed by atoms with E-state index >= 15 is 0 Å². The van der Waals surface area contributed by atoms with Gasteiger partial charge in [0.05, 0.1) is 4.90 Å². The lowest BCUT2D eigenvalue weighted by Gasteiger charge is -2.24. The van der Waals surface area contributed by atoms with Crippen molar-refractivity contribution in [3.63, 3.8) is 0 Å². The number of sulfonamides is 1. The second-order valence-corrected chi connectivity index (χ2v) is 10.3. The van der Waals surface area contributed by atoms with Crippen molar-refractivity contribution in [3.05, 3.63) is 23.8 Å². The number of carbonyl (C=O) groups is 2. The molecule has 0 unspecified atom stereocenters. The summed E-state index contributed by atoms with van der Waals surface area (Å²) in [4.78, 5) is 26.4. The van der Waals surface area contributed by atoms with Crippen LogP contribution in [0.4, 0.5) is 5.69 Å². The molecule has 1 aromatic carbocycles. The first-order valence-electron chi connectivity index (χ1n) is 10.4. The van der Waals surface area contributed by atoms with Gasteiger partial charge in [0.1, 0.15) is 6.04 Å². The summed E-state index contributed by atoms with van der Waals surface area (Å²) in [5, 5.41) is 2.99. The van der Waals surface area contributed by atoms with Gasteiger partial charge in [-0.05, 0) is 55.9 Å². The molecule has 0 aromatic heterocycles. The number of benzene rings is 1. The van der Waals surface area contributed by atoms with Gasteiger partial charge in [-0.25, -0.2) is 8.42 Å². The number of rotatable bonds is 6. The van der Waals surface area contributed by atoms with E-state index in [1.807, 2.05) is 20.8 Å². The molecule has 2 amide bonds. The Morgan fingerprint density at radius 3 is 2.41 bits per heavy atom. The summed E-state index contributed by atoms with van der Waals surface area (Å²) in [5.41, 5.74) is 1.58. The number of nitrogens with one attached hydrogen (secondary N) is 2. The molecule has 0 radical (unpaired) electrons. The third-order valence-electron chi connectivity index (χ3n) is 5.85. The maximum absolute atomic E-state index is 13.0. The molecule has 1 aliphatic carbocycles. The van der Waals surface area contributed by atoms with Crippen LogP contribution in [0.1, 0.15) is 58.9 Å². The molecule has 1 saturated carbocycles. The fraction of sp³-hybridized carbons (Fsp3) is 0.619. The fourth-order valence-corrected chi connectivity index (χ4v) is 5.74. The Morgan fingerprint density at radius 1 is 1.17 bits per heavy atom. The fourth-order valence-electron chi connectivity index (χ4n) is 4.34. The molecule has 2 atom stereocenters. The van der Waals surface area contributed by atoms with Gasteiger partial charge in [0.15, 0.2) is 0 Å². The van der Waals surface area contributed by atoms with E-state index < -0.39 is 16.1 Å². The molecular formula is C21H31N3O4S. The van der Waals surface area contributed by atoms with Crippen LogP contribution in [-0.4, -0.2) is 38.4 Å². The largest absolute Gasteiger partial charge is 0.352 e. The Hall–Kier alpha value is -1.93. The van der Waals surface area contributed by atoms with Crippen LogP contribution in [0.3, 0.4) is 0 Å². The van der Waals surface area contributed by atoms with Gasteiger partial charge in [-0.3, -0.25) is 9.59 Å². The van der Waals surface area contributed by atoms with Crippen molar-refractivity contribution in [3.8, 4) is 0 Å². The molecule has 2 aliphatic rings. The first kappa shape index (κ1) is 21.8. The quantitative estimate of drug-likeness (QED) is 0.737. The average molecular weight is 422 g/mol. The number of nitrogens with zero attached hydrogens (tertiary/aromatic N) is 1. The molecule has 160 valence electrons. The van der Waals surface area contributed by atoms with Crippen LogP contribution in [0.2, 0.25) is 0 Å². The predicted molar refractivity (Wildman–Crippen MR) is 112 cm³/mol. The minimum Gasteiger partial charge on any atom is -0.352 e. The molecule has 29 heavy (non-hydrogen) atoms. The topological polar surface area (TPSA) is 95.6 Å². The highest BCUT2D eigenvalue weighted by Crippen LogP contribution is 2.34. The Morgan fingerprint density at radius 2 is 1.83 bits per heavy atom. The number of amides is 2. The first-order valence-corrected chi connectivity index (χ1v) is 11.8. The summed E-state index contributed by atoms with van der Waals surface area (Å²) in [6.45, 7) is 7.11. The predicted octanol–water partition coefficient (Wildman–Crippen LogP) is 2.35. The monoisotopic (exact) mass is 421 g/mol. The van der Waals surface area contributed by atoms with Crippen molar-refractivity contribution >= 4 is 27.5 Å². The third-order valence-corrected chi connectivity index (χ3v) is 7.29. The van der Waals surface area contributed by atoms with Crippen molar-refractivity contribution in [2.45, 2.75) is 82.8 Å². The Balaban J connectivity index is 1.80. The van der Waals surface area contributed by atoms with E-state index in [0.717, 1.165) is 36.9 Å². The second-order valence-electron chi connectivity index (χ2n) is 8.57. The molecule has 3 rings (SSSR count). The van der Waals surface area contributed by atoms with Gasteiger partial charge in [-0.2, -0.15) is 4.72 Å². The van der Waals surface area contributed by atoms with Gasteiger partial charge in [-0.15, -0.1) is 0 Å². The van der Waals surface area contributed by atoms with Gasteiger partial charge in [0.2, 0.25) is 21.8 Å². The van der Waals surface area contributed by atoms with Crippen LogP contribution in [0.15, 0.2) is 23.1 Å². The zero-order valence-corrected chi connectivity index (χ0v) is 18.4. The minimum atomic E-state index is -3.87.